The van der Waals surface area contributed by atoms with Crippen molar-refractivity contribution in [1.82, 2.24) is 4.98 Å². The van der Waals surface area contributed by atoms with Gasteiger partial charge in [-0.15, -0.1) is 0 Å². The number of ketones is 1. The number of carbonyl (C=O) groups excluding carboxylic acids is 1. The quantitative estimate of drug-likeness (QED) is 0.777. The molecule has 82 valence electrons. The highest BCUT2D eigenvalue weighted by Gasteiger charge is 2.06. The minimum Gasteiger partial charge on any atom is -0.367 e. The van der Waals surface area contributed by atoms with Gasteiger partial charge in [-0.3, -0.25) is 4.79 Å². The summed E-state index contributed by atoms with van der Waals surface area (Å²) >= 11 is 0. The van der Waals surface area contributed by atoms with Crippen LogP contribution in [0.25, 0.3) is 0 Å². The van der Waals surface area contributed by atoms with Crippen LogP contribution in [0.4, 0.5) is 0 Å². The molecule has 16 heavy (non-hydrogen) atoms. The van der Waals surface area contributed by atoms with Gasteiger partial charge in [-0.2, -0.15) is 0 Å². The van der Waals surface area contributed by atoms with Gasteiger partial charge >= 0.3 is 0 Å². The molecular weight excluding hydrogens is 198 g/mol. The first-order chi connectivity index (χ1) is 7.77. The number of H-pyrrole nitrogens is 1. The van der Waals surface area contributed by atoms with E-state index >= 15 is 0 Å². The summed E-state index contributed by atoms with van der Waals surface area (Å²) in [4.78, 5) is 14.7. The summed E-state index contributed by atoms with van der Waals surface area (Å²) in [6, 6.07) is 10.0. The van der Waals surface area contributed by atoms with E-state index in [4.69, 9.17) is 0 Å². The summed E-state index contributed by atoms with van der Waals surface area (Å²) < 4.78 is 0. The number of carbonyl (C=O) groups is 1. The Hall–Kier alpha value is -1.83. The lowest BCUT2D eigenvalue weighted by atomic mass is 10.0. The molecule has 0 fully saturated rings. The zero-order valence-corrected chi connectivity index (χ0v) is 9.36. The number of benzene rings is 1. The number of rotatable bonds is 4. The number of aromatic amines is 1. The second kappa shape index (κ2) is 4.79. The second-order valence-electron chi connectivity index (χ2n) is 3.95. The highest BCUT2D eigenvalue weighted by molar-refractivity contribution is 5.95. The van der Waals surface area contributed by atoms with Gasteiger partial charge in [0.1, 0.15) is 0 Å². The van der Waals surface area contributed by atoms with Gasteiger partial charge in [-0.25, -0.2) is 0 Å². The van der Waals surface area contributed by atoms with E-state index in [1.165, 1.54) is 11.1 Å². The minimum atomic E-state index is 0.199. The topological polar surface area (TPSA) is 32.9 Å². The monoisotopic (exact) mass is 213 g/mol. The fourth-order valence-corrected chi connectivity index (χ4v) is 1.78. The highest BCUT2D eigenvalue weighted by atomic mass is 16.1. The Morgan fingerprint density at radius 1 is 1.25 bits per heavy atom. The van der Waals surface area contributed by atoms with Crippen molar-refractivity contribution in [2.24, 2.45) is 0 Å². The molecule has 0 unspecified atom stereocenters. The molecule has 0 amide bonds. The van der Waals surface area contributed by atoms with Crippen LogP contribution < -0.4 is 0 Å². The SMILES string of the molecule is Cc1ccccc1CCC(=O)c1cc[nH]c1. The smallest absolute Gasteiger partial charge is 0.164 e. The standard InChI is InChI=1S/C14H15NO/c1-11-4-2-3-5-12(11)6-7-14(16)13-8-9-15-10-13/h2-5,8-10,15H,6-7H2,1H3. The van der Waals surface area contributed by atoms with Crippen LogP contribution >= 0.6 is 0 Å². The van der Waals surface area contributed by atoms with E-state index < -0.39 is 0 Å². The fraction of sp³-hybridized carbons (Fsp3) is 0.214. The van der Waals surface area contributed by atoms with Crippen LogP contribution in [0.5, 0.6) is 0 Å². The largest absolute Gasteiger partial charge is 0.367 e. The van der Waals surface area contributed by atoms with Gasteiger partial charge in [0.05, 0.1) is 0 Å². The van der Waals surface area contributed by atoms with Crippen molar-refractivity contribution >= 4 is 5.78 Å². The fourth-order valence-electron chi connectivity index (χ4n) is 1.78. The lowest BCUT2D eigenvalue weighted by molar-refractivity contribution is 0.0983. The highest BCUT2D eigenvalue weighted by Crippen LogP contribution is 2.11. The van der Waals surface area contributed by atoms with Gasteiger partial charge in [0, 0.05) is 24.4 Å². The summed E-state index contributed by atoms with van der Waals surface area (Å²) in [6.07, 6.45) is 4.92. The van der Waals surface area contributed by atoms with Crippen molar-refractivity contribution in [2.45, 2.75) is 19.8 Å². The van der Waals surface area contributed by atoms with Gasteiger partial charge in [-0.1, -0.05) is 24.3 Å². The zero-order chi connectivity index (χ0) is 11.4. The molecule has 1 aromatic carbocycles. The maximum atomic E-state index is 11.8. The van der Waals surface area contributed by atoms with Gasteiger partial charge in [0.25, 0.3) is 0 Å². The summed E-state index contributed by atoms with van der Waals surface area (Å²) in [5.74, 6) is 0.199. The maximum absolute atomic E-state index is 11.8. The molecule has 1 aromatic heterocycles. The van der Waals surface area contributed by atoms with Crippen LogP contribution in [0.3, 0.4) is 0 Å². The lowest BCUT2D eigenvalue weighted by Crippen LogP contribution is -2.00. The predicted octanol–water partition coefficient (Wildman–Crippen LogP) is 3.14. The normalized spacial score (nSPS) is 10.3. The maximum Gasteiger partial charge on any atom is 0.164 e. The third kappa shape index (κ3) is 2.40. The second-order valence-corrected chi connectivity index (χ2v) is 3.95. The Bertz CT molecular complexity index is 471. The number of aromatic nitrogens is 1. The van der Waals surface area contributed by atoms with Crippen molar-refractivity contribution in [2.75, 3.05) is 0 Å². The third-order valence-electron chi connectivity index (χ3n) is 2.80. The number of hydrogen-bond acceptors (Lipinski definition) is 1. The van der Waals surface area contributed by atoms with E-state index in [1.54, 1.807) is 12.4 Å². The van der Waals surface area contributed by atoms with Crippen LogP contribution in [-0.4, -0.2) is 10.8 Å². The third-order valence-corrected chi connectivity index (χ3v) is 2.80. The molecule has 2 rings (SSSR count). The Labute approximate surface area is 95.3 Å². The van der Waals surface area contributed by atoms with E-state index in [2.05, 4.69) is 24.0 Å². The molecule has 2 aromatic rings. The molecule has 0 aliphatic carbocycles. The van der Waals surface area contributed by atoms with Crippen molar-refractivity contribution in [1.29, 1.82) is 0 Å². The van der Waals surface area contributed by atoms with E-state index in [-0.39, 0.29) is 5.78 Å². The Morgan fingerprint density at radius 2 is 2.06 bits per heavy atom. The summed E-state index contributed by atoms with van der Waals surface area (Å²) in [7, 11) is 0. The van der Waals surface area contributed by atoms with Gasteiger partial charge in [-0.05, 0) is 30.5 Å². The average Bonchev–Trinajstić information content (AvgIpc) is 2.81. The summed E-state index contributed by atoms with van der Waals surface area (Å²) in [6.45, 7) is 2.08. The molecule has 0 saturated heterocycles. The molecule has 0 saturated carbocycles. The Balaban J connectivity index is 1.98. The van der Waals surface area contributed by atoms with Crippen LogP contribution in [0.2, 0.25) is 0 Å². The Kier molecular flexibility index (Phi) is 3.20. The van der Waals surface area contributed by atoms with Crippen LogP contribution in [0.1, 0.15) is 27.9 Å². The molecule has 0 bridgehead atoms. The molecular formula is C14H15NO. The summed E-state index contributed by atoms with van der Waals surface area (Å²) in [5, 5.41) is 0. The minimum absolute atomic E-state index is 0.199. The molecule has 1 heterocycles. The Morgan fingerprint density at radius 3 is 2.75 bits per heavy atom. The first kappa shape index (κ1) is 10.7. The molecule has 0 aliphatic rings. The van der Waals surface area contributed by atoms with E-state index in [0.29, 0.717) is 6.42 Å². The lowest BCUT2D eigenvalue weighted by Gasteiger charge is -2.03. The van der Waals surface area contributed by atoms with Crippen LogP contribution in [0.15, 0.2) is 42.7 Å². The number of nitrogens with one attached hydrogen (secondary N) is 1. The molecule has 2 nitrogen and oxygen atoms in total. The summed E-state index contributed by atoms with van der Waals surface area (Å²) in [5.41, 5.74) is 3.28. The zero-order valence-electron chi connectivity index (χ0n) is 9.36. The van der Waals surface area contributed by atoms with Crippen LogP contribution in [0, 0.1) is 6.92 Å². The van der Waals surface area contributed by atoms with Crippen molar-refractivity contribution < 1.29 is 4.79 Å². The molecule has 0 aliphatic heterocycles. The van der Waals surface area contributed by atoms with Crippen molar-refractivity contribution in [3.05, 3.63) is 59.4 Å². The van der Waals surface area contributed by atoms with Gasteiger partial charge in [0.15, 0.2) is 5.78 Å². The number of Topliss-reactive ketones (excluding diaryl/α,β-unsaturated/α-hetero) is 1. The average molecular weight is 213 g/mol. The van der Waals surface area contributed by atoms with Crippen LogP contribution in [-0.2, 0) is 6.42 Å². The molecule has 2 heteroatoms. The molecule has 0 atom stereocenters. The first-order valence-electron chi connectivity index (χ1n) is 5.48. The van der Waals surface area contributed by atoms with E-state index in [9.17, 15) is 4.79 Å². The molecule has 0 radical (unpaired) electrons. The molecule has 0 spiro atoms. The van der Waals surface area contributed by atoms with E-state index in [0.717, 1.165) is 12.0 Å². The van der Waals surface area contributed by atoms with E-state index in [1.807, 2.05) is 18.2 Å². The number of hydrogen-bond donors (Lipinski definition) is 1. The van der Waals surface area contributed by atoms with Crippen molar-refractivity contribution in [3.8, 4) is 0 Å². The predicted molar refractivity (Wildman–Crippen MR) is 64.6 cm³/mol. The molecule has 1 N–H and O–H groups in total. The first-order valence-corrected chi connectivity index (χ1v) is 5.48. The van der Waals surface area contributed by atoms with Crippen molar-refractivity contribution in [3.63, 3.8) is 0 Å². The number of aryl methyl sites for hydroxylation is 2. The van der Waals surface area contributed by atoms with Gasteiger partial charge < -0.3 is 4.98 Å². The van der Waals surface area contributed by atoms with Gasteiger partial charge in [0.2, 0.25) is 0 Å².